The average Bonchev–Trinajstić information content (AvgIpc) is 3.26. The third-order valence-electron chi connectivity index (χ3n) is 5.33. The number of aromatic nitrogens is 4. The first-order valence-corrected chi connectivity index (χ1v) is 8.74. The summed E-state index contributed by atoms with van der Waals surface area (Å²) in [4.78, 5) is 11.1. The molecule has 0 unspecified atom stereocenters. The largest absolute Gasteiger partial charge is 0.450 e. The van der Waals surface area contributed by atoms with Gasteiger partial charge in [0.05, 0.1) is 5.69 Å². The fraction of sp³-hybridized carbons (Fsp3) is 0.316. The predicted octanol–water partition coefficient (Wildman–Crippen LogP) is 2.60. The first-order chi connectivity index (χ1) is 12.7. The fourth-order valence-corrected chi connectivity index (χ4v) is 3.91. The minimum Gasteiger partial charge on any atom is -0.450 e. The van der Waals surface area contributed by atoms with Gasteiger partial charge in [-0.25, -0.2) is 9.97 Å². The van der Waals surface area contributed by atoms with Gasteiger partial charge in [-0.1, -0.05) is 12.1 Å². The van der Waals surface area contributed by atoms with Gasteiger partial charge in [-0.3, -0.25) is 4.68 Å². The number of rotatable bonds is 2. The van der Waals surface area contributed by atoms with Crippen LogP contribution in [0.1, 0.15) is 18.5 Å². The van der Waals surface area contributed by atoms with E-state index in [0.29, 0.717) is 31.5 Å². The van der Waals surface area contributed by atoms with Crippen molar-refractivity contribution in [3.8, 4) is 0 Å². The van der Waals surface area contributed by atoms with E-state index in [0.717, 1.165) is 28.0 Å². The Balaban J connectivity index is 1.49. The van der Waals surface area contributed by atoms with E-state index >= 15 is 0 Å². The molecular weight excluding hydrogens is 330 g/mol. The fourth-order valence-electron chi connectivity index (χ4n) is 3.91. The number of nitrogens with zero attached hydrogens (tertiary/aromatic N) is 5. The highest BCUT2D eigenvalue weighted by atomic mass is 16.3. The zero-order chi connectivity index (χ0) is 17.7. The molecule has 0 aliphatic carbocycles. The molecule has 7 heteroatoms. The van der Waals surface area contributed by atoms with E-state index in [-0.39, 0.29) is 0 Å². The van der Waals surface area contributed by atoms with E-state index in [9.17, 15) is 5.11 Å². The molecule has 0 amide bonds. The van der Waals surface area contributed by atoms with Crippen LogP contribution in [0.15, 0.2) is 47.3 Å². The Morgan fingerprint density at radius 2 is 1.92 bits per heavy atom. The van der Waals surface area contributed by atoms with Crippen molar-refractivity contribution >= 4 is 27.9 Å². The van der Waals surface area contributed by atoms with E-state index in [1.165, 1.54) is 0 Å². The summed E-state index contributed by atoms with van der Waals surface area (Å²) in [5, 5.41) is 16.2. The van der Waals surface area contributed by atoms with Crippen molar-refractivity contribution in [1.82, 2.24) is 19.7 Å². The lowest BCUT2D eigenvalue weighted by atomic mass is 9.88. The van der Waals surface area contributed by atoms with Gasteiger partial charge in [0.1, 0.15) is 23.0 Å². The molecule has 7 nitrogen and oxygen atoms in total. The molecule has 0 radical (unpaired) electrons. The summed E-state index contributed by atoms with van der Waals surface area (Å²) in [7, 11) is 1.86. The molecule has 1 fully saturated rings. The smallest absolute Gasteiger partial charge is 0.196 e. The van der Waals surface area contributed by atoms with Crippen LogP contribution >= 0.6 is 0 Å². The zero-order valence-electron chi connectivity index (χ0n) is 14.5. The van der Waals surface area contributed by atoms with Gasteiger partial charge in [-0.2, -0.15) is 5.10 Å². The Morgan fingerprint density at radius 3 is 2.69 bits per heavy atom. The number of anilines is 1. The van der Waals surface area contributed by atoms with Gasteiger partial charge >= 0.3 is 0 Å². The van der Waals surface area contributed by atoms with Crippen molar-refractivity contribution in [1.29, 1.82) is 0 Å². The van der Waals surface area contributed by atoms with Crippen LogP contribution in [0.3, 0.4) is 0 Å². The molecule has 0 spiro atoms. The van der Waals surface area contributed by atoms with Crippen molar-refractivity contribution in [2.75, 3.05) is 18.0 Å². The summed E-state index contributed by atoms with van der Waals surface area (Å²) in [6.07, 6.45) is 4.53. The van der Waals surface area contributed by atoms with Gasteiger partial charge in [0.25, 0.3) is 0 Å². The number of hydrogen-bond donors (Lipinski definition) is 1. The molecule has 4 aromatic rings. The Bertz CT molecular complexity index is 1090. The highest BCUT2D eigenvalue weighted by Gasteiger charge is 2.37. The molecule has 26 heavy (non-hydrogen) atoms. The van der Waals surface area contributed by atoms with E-state index in [1.54, 1.807) is 17.2 Å². The maximum Gasteiger partial charge on any atom is 0.196 e. The molecule has 4 heterocycles. The van der Waals surface area contributed by atoms with Crippen molar-refractivity contribution < 1.29 is 9.52 Å². The molecule has 1 aromatic carbocycles. The second-order valence-electron chi connectivity index (χ2n) is 6.83. The SMILES string of the molecule is Cn1nccc1C1(O)CCN(c2ncnc3c2oc2ccccc23)CC1. The van der Waals surface area contributed by atoms with Gasteiger partial charge in [0.2, 0.25) is 0 Å². The average molecular weight is 349 g/mol. The molecule has 0 saturated carbocycles. The Morgan fingerprint density at radius 1 is 1.12 bits per heavy atom. The number of piperidine rings is 1. The molecule has 132 valence electrons. The number of benzene rings is 1. The van der Waals surface area contributed by atoms with Gasteiger partial charge in [0, 0.05) is 31.7 Å². The quantitative estimate of drug-likeness (QED) is 0.599. The van der Waals surface area contributed by atoms with E-state index in [1.807, 2.05) is 37.4 Å². The summed E-state index contributed by atoms with van der Waals surface area (Å²) >= 11 is 0. The molecule has 1 aliphatic rings. The summed E-state index contributed by atoms with van der Waals surface area (Å²) in [6, 6.07) is 9.77. The van der Waals surface area contributed by atoms with Crippen molar-refractivity contribution in [2.45, 2.75) is 18.4 Å². The third kappa shape index (κ3) is 2.20. The summed E-state index contributed by atoms with van der Waals surface area (Å²) in [5.74, 6) is 0.790. The number of para-hydroxylation sites is 1. The van der Waals surface area contributed by atoms with Crippen molar-refractivity contribution in [3.63, 3.8) is 0 Å². The van der Waals surface area contributed by atoms with Gasteiger partial charge < -0.3 is 14.4 Å². The lowest BCUT2D eigenvalue weighted by Gasteiger charge is -2.38. The predicted molar refractivity (Wildman–Crippen MR) is 97.9 cm³/mol. The number of aliphatic hydroxyl groups is 1. The van der Waals surface area contributed by atoms with E-state index in [4.69, 9.17) is 4.42 Å². The van der Waals surface area contributed by atoms with Crippen LogP contribution in [-0.2, 0) is 12.6 Å². The number of furan rings is 1. The highest BCUT2D eigenvalue weighted by Crippen LogP contribution is 2.37. The summed E-state index contributed by atoms with van der Waals surface area (Å²) in [6.45, 7) is 1.37. The minimum atomic E-state index is -0.859. The van der Waals surface area contributed by atoms with Crippen LogP contribution in [0.2, 0.25) is 0 Å². The molecule has 3 aromatic heterocycles. The molecule has 0 bridgehead atoms. The van der Waals surface area contributed by atoms with Crippen LogP contribution in [0.4, 0.5) is 5.82 Å². The second kappa shape index (κ2) is 5.54. The second-order valence-corrected chi connectivity index (χ2v) is 6.83. The van der Waals surface area contributed by atoms with Gasteiger partial charge in [0.15, 0.2) is 11.4 Å². The lowest BCUT2D eigenvalue weighted by Crippen LogP contribution is -2.44. The van der Waals surface area contributed by atoms with Crippen LogP contribution in [-0.4, -0.2) is 37.9 Å². The number of aryl methyl sites for hydroxylation is 1. The van der Waals surface area contributed by atoms with Crippen LogP contribution < -0.4 is 4.90 Å². The molecule has 1 aliphatic heterocycles. The molecule has 1 saturated heterocycles. The minimum absolute atomic E-state index is 0.609. The first-order valence-electron chi connectivity index (χ1n) is 8.74. The van der Waals surface area contributed by atoms with Crippen LogP contribution in [0.25, 0.3) is 22.1 Å². The standard InChI is InChI=1S/C19H19N5O2/c1-23-15(6-9-22-23)19(25)7-10-24(11-8-19)18-17-16(20-12-21-18)13-4-2-3-5-14(13)26-17/h2-6,9,12,25H,7-8,10-11H2,1H3. The monoisotopic (exact) mass is 349 g/mol. The molecular formula is C19H19N5O2. The molecule has 1 N–H and O–H groups in total. The maximum atomic E-state index is 11.1. The van der Waals surface area contributed by atoms with Gasteiger partial charge in [-0.05, 0) is 31.0 Å². The topological polar surface area (TPSA) is 80.2 Å². The van der Waals surface area contributed by atoms with Crippen molar-refractivity contribution in [2.24, 2.45) is 7.05 Å². The Hall–Kier alpha value is -2.93. The Labute approximate surface area is 149 Å². The van der Waals surface area contributed by atoms with Crippen LogP contribution in [0.5, 0.6) is 0 Å². The first kappa shape index (κ1) is 15.3. The maximum absolute atomic E-state index is 11.1. The normalized spacial score (nSPS) is 17.2. The molecule has 0 atom stereocenters. The summed E-state index contributed by atoms with van der Waals surface area (Å²) in [5.41, 5.74) is 2.35. The van der Waals surface area contributed by atoms with E-state index < -0.39 is 5.60 Å². The van der Waals surface area contributed by atoms with Gasteiger partial charge in [-0.15, -0.1) is 0 Å². The molecule has 5 rings (SSSR count). The van der Waals surface area contributed by atoms with E-state index in [2.05, 4.69) is 20.0 Å². The zero-order valence-corrected chi connectivity index (χ0v) is 14.5. The highest BCUT2D eigenvalue weighted by molar-refractivity contribution is 6.05. The Kier molecular flexibility index (Phi) is 3.27. The number of hydrogen-bond acceptors (Lipinski definition) is 6. The number of fused-ring (bicyclic) bond motifs is 3. The summed E-state index contributed by atoms with van der Waals surface area (Å²) < 4.78 is 7.78. The van der Waals surface area contributed by atoms with Crippen molar-refractivity contribution in [3.05, 3.63) is 48.5 Å². The van der Waals surface area contributed by atoms with Crippen LogP contribution in [0, 0.1) is 0 Å². The third-order valence-corrected chi connectivity index (χ3v) is 5.33. The lowest BCUT2D eigenvalue weighted by molar-refractivity contribution is 0.00404.